The molecule has 2 N–H and O–H groups in total. The zero-order valence-electron chi connectivity index (χ0n) is 12.9. The molecule has 23 heavy (non-hydrogen) atoms. The minimum Gasteiger partial charge on any atom is -0.497 e. The molecule has 0 aliphatic rings. The summed E-state index contributed by atoms with van der Waals surface area (Å²) in [6.45, 7) is 1.87. The van der Waals surface area contributed by atoms with Crippen LogP contribution in [0.25, 0.3) is 0 Å². The van der Waals surface area contributed by atoms with Gasteiger partial charge in [0.15, 0.2) is 0 Å². The molecule has 0 unspecified atom stereocenters. The molecule has 0 radical (unpaired) electrons. The number of nitrogens with one attached hydrogen (secondary N) is 2. The number of rotatable bonds is 5. The molecular formula is C17H17ClN2O3. The zero-order valence-corrected chi connectivity index (χ0v) is 13.6. The summed E-state index contributed by atoms with van der Waals surface area (Å²) in [6.07, 6.45) is -0.289. The van der Waals surface area contributed by atoms with Gasteiger partial charge in [0.1, 0.15) is 12.2 Å². The summed E-state index contributed by atoms with van der Waals surface area (Å²) >= 11 is 6.00. The average Bonchev–Trinajstić information content (AvgIpc) is 2.51. The topological polar surface area (TPSA) is 67.4 Å². The quantitative estimate of drug-likeness (QED) is 0.822. The lowest BCUT2D eigenvalue weighted by Gasteiger charge is -2.08. The van der Waals surface area contributed by atoms with Crippen LogP contribution in [0, 0.1) is 6.92 Å². The SMILES string of the molecule is COc1cccc(NC(=O)CC(=O)Nc2ccc(C)c(Cl)c2)c1. The monoisotopic (exact) mass is 332 g/mol. The first-order valence-electron chi connectivity index (χ1n) is 6.98. The fraction of sp³-hybridized carbons (Fsp3) is 0.176. The molecule has 0 aromatic heterocycles. The number of benzene rings is 2. The summed E-state index contributed by atoms with van der Waals surface area (Å²) in [5.41, 5.74) is 2.04. The van der Waals surface area contributed by atoms with Crippen molar-refractivity contribution in [2.75, 3.05) is 17.7 Å². The normalized spacial score (nSPS) is 10.0. The highest BCUT2D eigenvalue weighted by molar-refractivity contribution is 6.31. The van der Waals surface area contributed by atoms with Crippen LogP contribution in [0.5, 0.6) is 5.75 Å². The van der Waals surface area contributed by atoms with Crippen LogP contribution in [-0.4, -0.2) is 18.9 Å². The van der Waals surface area contributed by atoms with Gasteiger partial charge in [-0.25, -0.2) is 0 Å². The first kappa shape index (κ1) is 16.8. The van der Waals surface area contributed by atoms with E-state index in [0.717, 1.165) is 5.56 Å². The maximum absolute atomic E-state index is 11.9. The number of amides is 2. The van der Waals surface area contributed by atoms with Crippen LogP contribution < -0.4 is 15.4 Å². The number of carbonyl (C=O) groups excluding carboxylic acids is 2. The fourth-order valence-corrected chi connectivity index (χ4v) is 2.11. The second-order valence-corrected chi connectivity index (χ2v) is 5.38. The molecule has 120 valence electrons. The van der Waals surface area contributed by atoms with E-state index in [-0.39, 0.29) is 6.42 Å². The van der Waals surface area contributed by atoms with Crippen LogP contribution in [0.3, 0.4) is 0 Å². The third-order valence-corrected chi connectivity index (χ3v) is 3.54. The second-order valence-electron chi connectivity index (χ2n) is 4.97. The number of hydrogen-bond donors (Lipinski definition) is 2. The van der Waals surface area contributed by atoms with Crippen molar-refractivity contribution in [2.24, 2.45) is 0 Å². The third-order valence-electron chi connectivity index (χ3n) is 3.13. The van der Waals surface area contributed by atoms with Crippen LogP contribution in [0.15, 0.2) is 42.5 Å². The number of hydrogen-bond acceptors (Lipinski definition) is 3. The molecule has 2 aromatic rings. The van der Waals surface area contributed by atoms with Gasteiger partial charge in [0.25, 0.3) is 0 Å². The molecule has 0 spiro atoms. The third kappa shape index (κ3) is 5.00. The highest BCUT2D eigenvalue weighted by Gasteiger charge is 2.11. The second kappa shape index (κ2) is 7.65. The summed E-state index contributed by atoms with van der Waals surface area (Å²) in [7, 11) is 1.54. The molecule has 0 saturated heterocycles. The number of carbonyl (C=O) groups is 2. The van der Waals surface area contributed by atoms with Crippen molar-refractivity contribution in [3.8, 4) is 5.75 Å². The van der Waals surface area contributed by atoms with Crippen LogP contribution in [0.1, 0.15) is 12.0 Å². The first-order chi connectivity index (χ1) is 11.0. The zero-order chi connectivity index (χ0) is 16.8. The van der Waals surface area contributed by atoms with Crippen molar-refractivity contribution in [3.05, 3.63) is 53.1 Å². The van der Waals surface area contributed by atoms with E-state index in [1.165, 1.54) is 0 Å². The predicted octanol–water partition coefficient (Wildman–Crippen LogP) is 3.62. The smallest absolute Gasteiger partial charge is 0.233 e. The molecule has 0 heterocycles. The van der Waals surface area contributed by atoms with Gasteiger partial charge in [0.05, 0.1) is 7.11 Å². The summed E-state index contributed by atoms with van der Waals surface area (Å²) in [4.78, 5) is 23.8. The van der Waals surface area contributed by atoms with E-state index in [2.05, 4.69) is 10.6 Å². The van der Waals surface area contributed by atoms with Gasteiger partial charge in [-0.05, 0) is 36.8 Å². The molecule has 0 fully saturated rings. The Bertz CT molecular complexity index is 732. The van der Waals surface area contributed by atoms with E-state index in [4.69, 9.17) is 16.3 Å². The van der Waals surface area contributed by atoms with Crippen LogP contribution in [0.2, 0.25) is 5.02 Å². The van der Waals surface area contributed by atoms with Gasteiger partial charge in [-0.1, -0.05) is 23.7 Å². The van der Waals surface area contributed by atoms with Crippen molar-refractivity contribution in [2.45, 2.75) is 13.3 Å². The Kier molecular flexibility index (Phi) is 5.60. The van der Waals surface area contributed by atoms with Crippen molar-refractivity contribution in [3.63, 3.8) is 0 Å². The summed E-state index contributed by atoms with van der Waals surface area (Å²) in [5, 5.41) is 5.85. The lowest BCUT2D eigenvalue weighted by atomic mass is 10.2. The van der Waals surface area contributed by atoms with Gasteiger partial charge in [-0.3, -0.25) is 9.59 Å². The van der Waals surface area contributed by atoms with Gasteiger partial charge in [0.2, 0.25) is 11.8 Å². The molecule has 0 saturated carbocycles. The van der Waals surface area contributed by atoms with E-state index < -0.39 is 11.8 Å². The van der Waals surface area contributed by atoms with Crippen molar-refractivity contribution in [1.82, 2.24) is 0 Å². The van der Waals surface area contributed by atoms with Gasteiger partial charge in [-0.2, -0.15) is 0 Å². The van der Waals surface area contributed by atoms with Crippen LogP contribution >= 0.6 is 11.6 Å². The molecule has 0 bridgehead atoms. The van der Waals surface area contributed by atoms with Gasteiger partial charge in [0, 0.05) is 22.5 Å². The maximum Gasteiger partial charge on any atom is 0.233 e. The van der Waals surface area contributed by atoms with Gasteiger partial charge < -0.3 is 15.4 Å². The molecule has 5 nitrogen and oxygen atoms in total. The van der Waals surface area contributed by atoms with E-state index >= 15 is 0 Å². The molecule has 0 aliphatic carbocycles. The van der Waals surface area contributed by atoms with Crippen molar-refractivity contribution in [1.29, 1.82) is 0 Å². The fourth-order valence-electron chi connectivity index (χ4n) is 1.93. The Morgan fingerprint density at radius 2 is 1.70 bits per heavy atom. The molecule has 2 rings (SSSR count). The Morgan fingerprint density at radius 3 is 2.30 bits per heavy atom. The predicted molar refractivity (Wildman–Crippen MR) is 91.1 cm³/mol. The minimum absolute atomic E-state index is 0.289. The van der Waals surface area contributed by atoms with Gasteiger partial charge in [-0.15, -0.1) is 0 Å². The molecule has 2 amide bonds. The number of methoxy groups -OCH3 is 1. The van der Waals surface area contributed by atoms with Crippen LogP contribution in [-0.2, 0) is 9.59 Å². The molecular weight excluding hydrogens is 316 g/mol. The number of aryl methyl sites for hydroxylation is 1. The highest BCUT2D eigenvalue weighted by Crippen LogP contribution is 2.20. The Labute approximate surface area is 139 Å². The lowest BCUT2D eigenvalue weighted by molar-refractivity contribution is -0.123. The Morgan fingerprint density at radius 1 is 1.04 bits per heavy atom. The number of halogens is 1. The lowest BCUT2D eigenvalue weighted by Crippen LogP contribution is -2.21. The van der Waals surface area contributed by atoms with Gasteiger partial charge >= 0.3 is 0 Å². The van der Waals surface area contributed by atoms with Crippen molar-refractivity contribution < 1.29 is 14.3 Å². The molecule has 0 atom stereocenters. The summed E-state index contributed by atoms with van der Waals surface area (Å²) in [5.74, 6) is -0.194. The molecule has 6 heteroatoms. The van der Waals surface area contributed by atoms with Crippen LogP contribution in [0.4, 0.5) is 11.4 Å². The largest absolute Gasteiger partial charge is 0.497 e. The standard InChI is InChI=1S/C17H17ClN2O3/c1-11-6-7-13(9-15(11)18)20-17(22)10-16(21)19-12-4-3-5-14(8-12)23-2/h3-9H,10H2,1-2H3,(H,19,21)(H,20,22). The maximum atomic E-state index is 11.9. The molecule has 0 aliphatic heterocycles. The summed E-state index contributed by atoms with van der Waals surface area (Å²) < 4.78 is 5.07. The van der Waals surface area contributed by atoms with E-state index in [1.807, 2.05) is 6.92 Å². The Balaban J connectivity index is 1.91. The van der Waals surface area contributed by atoms with E-state index in [1.54, 1.807) is 49.6 Å². The molecule has 2 aromatic carbocycles. The highest BCUT2D eigenvalue weighted by atomic mass is 35.5. The van der Waals surface area contributed by atoms with Crippen molar-refractivity contribution >= 4 is 34.8 Å². The minimum atomic E-state index is -0.412. The van der Waals surface area contributed by atoms with E-state index in [9.17, 15) is 9.59 Å². The van der Waals surface area contributed by atoms with E-state index in [0.29, 0.717) is 22.1 Å². The summed E-state index contributed by atoms with van der Waals surface area (Å²) in [6, 6.07) is 12.1. The number of anilines is 2. The average molecular weight is 333 g/mol. The first-order valence-corrected chi connectivity index (χ1v) is 7.35. The Hall–Kier alpha value is -2.53. The number of ether oxygens (including phenoxy) is 1.